The molecule has 3 aromatic rings. The van der Waals surface area contributed by atoms with Gasteiger partial charge in [0.05, 0.1) is 10.6 Å². The third-order valence-electron chi connectivity index (χ3n) is 6.19. The molecule has 0 fully saturated rings. The molecule has 0 aliphatic heterocycles. The maximum Gasteiger partial charge on any atom is 0.264 e. The van der Waals surface area contributed by atoms with Gasteiger partial charge in [0.25, 0.3) is 10.0 Å². The molecule has 0 aromatic heterocycles. The molecule has 0 bridgehead atoms. The number of hydrogen-bond donors (Lipinski definition) is 1. The van der Waals surface area contributed by atoms with Crippen molar-refractivity contribution in [3.05, 3.63) is 95.0 Å². The van der Waals surface area contributed by atoms with E-state index in [2.05, 4.69) is 21.2 Å². The van der Waals surface area contributed by atoms with Crippen LogP contribution in [0.4, 0.5) is 5.69 Å². The molecule has 7 nitrogen and oxygen atoms in total. The molecular weight excluding hydrogens is 566 g/mol. The van der Waals surface area contributed by atoms with Crippen LogP contribution in [-0.4, -0.2) is 50.8 Å². The van der Waals surface area contributed by atoms with E-state index in [1.807, 2.05) is 37.3 Å². The molecule has 0 aliphatic carbocycles. The fourth-order valence-corrected chi connectivity index (χ4v) is 5.80. The summed E-state index contributed by atoms with van der Waals surface area (Å²) in [7, 11) is -4.07. The van der Waals surface area contributed by atoms with Crippen molar-refractivity contribution in [1.82, 2.24) is 10.2 Å². The normalized spacial score (nSPS) is 12.0. The minimum atomic E-state index is -4.07. The largest absolute Gasteiger partial charge is 0.354 e. The van der Waals surface area contributed by atoms with Gasteiger partial charge in [-0.3, -0.25) is 13.9 Å². The number of nitrogens with one attached hydrogen (secondary N) is 1. The zero-order chi connectivity index (χ0) is 27.5. The van der Waals surface area contributed by atoms with Gasteiger partial charge in [-0.15, -0.1) is 0 Å². The smallest absolute Gasteiger partial charge is 0.264 e. The molecule has 0 unspecified atom stereocenters. The number of benzene rings is 3. The number of sulfonamides is 1. The van der Waals surface area contributed by atoms with Crippen LogP contribution in [0.5, 0.6) is 0 Å². The predicted molar refractivity (Wildman–Crippen MR) is 154 cm³/mol. The van der Waals surface area contributed by atoms with Gasteiger partial charge in [-0.2, -0.15) is 0 Å². The molecule has 0 saturated heterocycles. The van der Waals surface area contributed by atoms with E-state index in [1.54, 1.807) is 49.4 Å². The number of amides is 2. The lowest BCUT2D eigenvalue weighted by molar-refractivity contribution is -0.138. The van der Waals surface area contributed by atoms with Gasteiger partial charge in [0, 0.05) is 17.6 Å². The van der Waals surface area contributed by atoms with Crippen molar-refractivity contribution in [2.45, 2.75) is 44.0 Å². The third-order valence-corrected chi connectivity index (χ3v) is 8.47. The van der Waals surface area contributed by atoms with Crippen molar-refractivity contribution in [3.63, 3.8) is 0 Å². The Labute approximate surface area is 234 Å². The second-order valence-electron chi connectivity index (χ2n) is 8.95. The Kier molecular flexibility index (Phi) is 10.9. The number of unbranched alkanes of at least 4 members (excludes halogenated alkanes) is 1. The Morgan fingerprint density at radius 1 is 0.947 bits per heavy atom. The predicted octanol–water partition coefficient (Wildman–Crippen LogP) is 5.02. The van der Waals surface area contributed by atoms with E-state index in [-0.39, 0.29) is 17.3 Å². The first kappa shape index (κ1) is 29.4. The molecule has 3 aromatic carbocycles. The summed E-state index contributed by atoms with van der Waals surface area (Å²) in [5, 5.41) is 2.89. The highest BCUT2D eigenvalue weighted by Crippen LogP contribution is 2.26. The molecule has 1 N–H and O–H groups in total. The summed E-state index contributed by atoms with van der Waals surface area (Å²) in [4.78, 5) is 28.3. The summed E-state index contributed by atoms with van der Waals surface area (Å²) >= 11 is 3.40. The molecule has 0 aliphatic rings. The minimum Gasteiger partial charge on any atom is -0.354 e. The van der Waals surface area contributed by atoms with Crippen LogP contribution in [0.1, 0.15) is 32.3 Å². The number of carbonyl (C=O) groups is 2. The second-order valence-corrected chi connectivity index (χ2v) is 11.7. The van der Waals surface area contributed by atoms with Crippen LogP contribution in [0.2, 0.25) is 0 Å². The molecule has 0 radical (unpaired) electrons. The topological polar surface area (TPSA) is 86.8 Å². The zero-order valence-corrected chi connectivity index (χ0v) is 24.1. The van der Waals surface area contributed by atoms with Crippen LogP contribution in [0.15, 0.2) is 94.3 Å². The molecule has 38 heavy (non-hydrogen) atoms. The van der Waals surface area contributed by atoms with Crippen molar-refractivity contribution in [2.75, 3.05) is 23.9 Å². The van der Waals surface area contributed by atoms with Gasteiger partial charge in [0.1, 0.15) is 12.6 Å². The van der Waals surface area contributed by atoms with Gasteiger partial charge in [-0.05, 0) is 55.7 Å². The Morgan fingerprint density at radius 3 is 2.24 bits per heavy atom. The maximum absolute atomic E-state index is 13.8. The van der Waals surface area contributed by atoms with Crippen LogP contribution >= 0.6 is 15.9 Å². The lowest BCUT2D eigenvalue weighted by Crippen LogP contribution is -2.52. The van der Waals surface area contributed by atoms with Crippen molar-refractivity contribution in [3.8, 4) is 0 Å². The highest BCUT2D eigenvalue weighted by Gasteiger charge is 2.32. The first-order valence-corrected chi connectivity index (χ1v) is 14.9. The molecular formula is C29H34BrN3O4S. The van der Waals surface area contributed by atoms with E-state index >= 15 is 0 Å². The van der Waals surface area contributed by atoms with Gasteiger partial charge < -0.3 is 10.2 Å². The maximum atomic E-state index is 13.8. The van der Waals surface area contributed by atoms with Crippen LogP contribution in [0.25, 0.3) is 0 Å². The lowest BCUT2D eigenvalue weighted by atomic mass is 10.1. The zero-order valence-electron chi connectivity index (χ0n) is 21.7. The summed E-state index contributed by atoms with van der Waals surface area (Å²) in [5.41, 5.74) is 1.37. The van der Waals surface area contributed by atoms with Crippen LogP contribution < -0.4 is 9.62 Å². The first-order valence-electron chi connectivity index (χ1n) is 12.7. The van der Waals surface area contributed by atoms with E-state index in [0.29, 0.717) is 23.1 Å². The second kappa shape index (κ2) is 14.1. The van der Waals surface area contributed by atoms with Crippen molar-refractivity contribution < 1.29 is 18.0 Å². The van der Waals surface area contributed by atoms with Gasteiger partial charge in [-0.25, -0.2) is 8.42 Å². The summed E-state index contributed by atoms with van der Waals surface area (Å²) in [6.07, 6.45) is 2.30. The van der Waals surface area contributed by atoms with Gasteiger partial charge in [0.2, 0.25) is 11.8 Å². The average Bonchev–Trinajstić information content (AvgIpc) is 2.92. The Morgan fingerprint density at radius 2 is 1.61 bits per heavy atom. The minimum absolute atomic E-state index is 0.0777. The molecule has 202 valence electrons. The summed E-state index contributed by atoms with van der Waals surface area (Å²) in [6, 6.07) is 23.7. The first-order chi connectivity index (χ1) is 18.2. The standard InChI is InChI=1S/C29H34BrN3O4S/c1-3-4-19-31-29(35)23(2)32(20-18-24-12-7-5-8-13-24)28(34)22-33(26-15-11-14-25(30)21-26)38(36,37)27-16-9-6-10-17-27/h5-17,21,23H,3-4,18-20,22H2,1-2H3,(H,31,35)/t23-/m1/s1. The summed E-state index contributed by atoms with van der Waals surface area (Å²) in [5.74, 6) is -0.724. The highest BCUT2D eigenvalue weighted by atomic mass is 79.9. The molecule has 1 atom stereocenters. The summed E-state index contributed by atoms with van der Waals surface area (Å²) in [6.45, 7) is 4.05. The average molecular weight is 601 g/mol. The summed E-state index contributed by atoms with van der Waals surface area (Å²) < 4.78 is 29.2. The number of halogens is 1. The Hall–Kier alpha value is -3.17. The molecule has 9 heteroatoms. The van der Waals surface area contributed by atoms with Crippen LogP contribution in [0.3, 0.4) is 0 Å². The van der Waals surface area contributed by atoms with Crippen LogP contribution in [0, 0.1) is 0 Å². The van der Waals surface area contributed by atoms with E-state index < -0.39 is 28.5 Å². The number of hydrogen-bond acceptors (Lipinski definition) is 4. The Balaban J connectivity index is 1.93. The van der Waals surface area contributed by atoms with E-state index in [0.717, 1.165) is 22.7 Å². The quantitative estimate of drug-likeness (QED) is 0.279. The molecule has 0 heterocycles. The van der Waals surface area contributed by atoms with Crippen molar-refractivity contribution in [1.29, 1.82) is 0 Å². The number of rotatable bonds is 13. The highest BCUT2D eigenvalue weighted by molar-refractivity contribution is 9.10. The molecule has 0 saturated carbocycles. The van der Waals surface area contributed by atoms with E-state index in [4.69, 9.17) is 0 Å². The van der Waals surface area contributed by atoms with Crippen LogP contribution in [-0.2, 0) is 26.0 Å². The fourth-order valence-electron chi connectivity index (χ4n) is 3.99. The number of anilines is 1. The number of carbonyl (C=O) groups excluding carboxylic acids is 2. The Bertz CT molecular complexity index is 1300. The molecule has 0 spiro atoms. The van der Waals surface area contributed by atoms with Crippen molar-refractivity contribution in [2.24, 2.45) is 0 Å². The number of nitrogens with zero attached hydrogens (tertiary/aromatic N) is 2. The van der Waals surface area contributed by atoms with Gasteiger partial charge in [0.15, 0.2) is 0 Å². The SMILES string of the molecule is CCCCNC(=O)[C@@H](C)N(CCc1ccccc1)C(=O)CN(c1cccc(Br)c1)S(=O)(=O)c1ccccc1. The lowest BCUT2D eigenvalue weighted by Gasteiger charge is -2.32. The van der Waals surface area contributed by atoms with Gasteiger partial charge in [-0.1, -0.05) is 83.9 Å². The fraction of sp³-hybridized carbons (Fsp3) is 0.310. The van der Waals surface area contributed by atoms with E-state index in [1.165, 1.54) is 17.0 Å². The third kappa shape index (κ3) is 7.91. The van der Waals surface area contributed by atoms with E-state index in [9.17, 15) is 18.0 Å². The van der Waals surface area contributed by atoms with Gasteiger partial charge >= 0.3 is 0 Å². The monoisotopic (exact) mass is 599 g/mol. The molecule has 3 rings (SSSR count). The van der Waals surface area contributed by atoms with Crippen molar-refractivity contribution >= 4 is 43.5 Å². The molecule has 2 amide bonds.